The number of rotatable bonds is 7. The maximum Gasteiger partial charge on any atom is 0.242 e. The Kier molecular flexibility index (Phi) is 7.66. The lowest BCUT2D eigenvalue weighted by atomic mass is 10.1. The molecule has 0 aromatic heterocycles. The van der Waals surface area contributed by atoms with Gasteiger partial charge in [-0.15, -0.1) is 0 Å². The number of hydrogen-bond acceptors (Lipinski definition) is 4. The lowest BCUT2D eigenvalue weighted by Gasteiger charge is -2.37. The van der Waals surface area contributed by atoms with Crippen LogP contribution < -0.4 is 4.90 Å². The summed E-state index contributed by atoms with van der Waals surface area (Å²) >= 11 is 0. The molecule has 1 saturated heterocycles. The highest BCUT2D eigenvalue weighted by molar-refractivity contribution is 5.84. The summed E-state index contributed by atoms with van der Waals surface area (Å²) in [5, 5.41) is 0. The SMILES string of the molecule is CC(=O)N(CCCN(C)C)CC(=O)N1CCN(c2cccc(C)c2C)CC1. The molecule has 0 N–H and O–H groups in total. The molecule has 1 fully saturated rings. The summed E-state index contributed by atoms with van der Waals surface area (Å²) < 4.78 is 0. The molecule has 1 aliphatic heterocycles. The predicted molar refractivity (Wildman–Crippen MR) is 110 cm³/mol. The van der Waals surface area contributed by atoms with Gasteiger partial charge < -0.3 is 19.6 Å². The van der Waals surface area contributed by atoms with E-state index in [-0.39, 0.29) is 18.4 Å². The quantitative estimate of drug-likeness (QED) is 0.730. The number of piperazine rings is 1. The van der Waals surface area contributed by atoms with E-state index in [1.807, 2.05) is 19.0 Å². The number of benzene rings is 1. The number of anilines is 1. The summed E-state index contributed by atoms with van der Waals surface area (Å²) in [7, 11) is 4.03. The first-order valence-corrected chi connectivity index (χ1v) is 9.78. The van der Waals surface area contributed by atoms with E-state index in [4.69, 9.17) is 0 Å². The van der Waals surface area contributed by atoms with Gasteiger partial charge in [-0.1, -0.05) is 12.1 Å². The van der Waals surface area contributed by atoms with Crippen molar-refractivity contribution in [3.05, 3.63) is 29.3 Å². The molecule has 0 bridgehead atoms. The Morgan fingerprint density at radius 1 is 1.04 bits per heavy atom. The van der Waals surface area contributed by atoms with E-state index in [1.54, 1.807) is 11.8 Å². The van der Waals surface area contributed by atoms with Crippen LogP contribution in [0.15, 0.2) is 18.2 Å². The normalized spacial score (nSPS) is 14.6. The Bertz CT molecular complexity index is 652. The molecule has 1 heterocycles. The van der Waals surface area contributed by atoms with Crippen molar-refractivity contribution in [2.75, 3.05) is 64.8 Å². The molecule has 6 heteroatoms. The second-order valence-corrected chi connectivity index (χ2v) is 7.68. The van der Waals surface area contributed by atoms with E-state index in [9.17, 15) is 9.59 Å². The fourth-order valence-corrected chi connectivity index (χ4v) is 3.46. The van der Waals surface area contributed by atoms with Gasteiger partial charge in [-0.25, -0.2) is 0 Å². The standard InChI is InChI=1S/C21H34N4O2/c1-17-8-6-9-20(18(17)2)23-12-14-24(15-13-23)21(27)16-25(19(3)26)11-7-10-22(4)5/h6,8-9H,7,10-16H2,1-5H3. The Morgan fingerprint density at radius 3 is 2.30 bits per heavy atom. The van der Waals surface area contributed by atoms with E-state index in [0.29, 0.717) is 19.6 Å². The molecule has 27 heavy (non-hydrogen) atoms. The third-order valence-corrected chi connectivity index (χ3v) is 5.35. The van der Waals surface area contributed by atoms with Gasteiger partial charge in [0, 0.05) is 45.3 Å². The fraction of sp³-hybridized carbons (Fsp3) is 0.619. The van der Waals surface area contributed by atoms with Crippen molar-refractivity contribution in [3.63, 3.8) is 0 Å². The zero-order chi connectivity index (χ0) is 20.0. The minimum Gasteiger partial charge on any atom is -0.368 e. The van der Waals surface area contributed by atoms with Gasteiger partial charge in [0.05, 0.1) is 6.54 Å². The zero-order valence-corrected chi connectivity index (χ0v) is 17.5. The third-order valence-electron chi connectivity index (χ3n) is 5.35. The van der Waals surface area contributed by atoms with Crippen LogP contribution in [0.5, 0.6) is 0 Å². The van der Waals surface area contributed by atoms with Crippen LogP contribution in [-0.4, -0.2) is 86.4 Å². The number of nitrogens with zero attached hydrogens (tertiary/aromatic N) is 4. The molecule has 6 nitrogen and oxygen atoms in total. The minimum absolute atomic E-state index is 0.0314. The van der Waals surface area contributed by atoms with Crippen LogP contribution in [0.2, 0.25) is 0 Å². The minimum atomic E-state index is -0.0314. The Labute approximate surface area is 163 Å². The van der Waals surface area contributed by atoms with Crippen molar-refractivity contribution < 1.29 is 9.59 Å². The number of aryl methyl sites for hydroxylation is 1. The van der Waals surface area contributed by atoms with Crippen molar-refractivity contribution >= 4 is 17.5 Å². The molecular weight excluding hydrogens is 340 g/mol. The van der Waals surface area contributed by atoms with Gasteiger partial charge in [0.25, 0.3) is 0 Å². The second-order valence-electron chi connectivity index (χ2n) is 7.68. The molecular formula is C21H34N4O2. The lowest BCUT2D eigenvalue weighted by molar-refractivity contribution is -0.139. The van der Waals surface area contributed by atoms with Crippen LogP contribution in [0, 0.1) is 13.8 Å². The summed E-state index contributed by atoms with van der Waals surface area (Å²) in [6.07, 6.45) is 0.875. The van der Waals surface area contributed by atoms with Crippen molar-refractivity contribution in [2.45, 2.75) is 27.2 Å². The smallest absolute Gasteiger partial charge is 0.242 e. The molecule has 2 amide bonds. The predicted octanol–water partition coefficient (Wildman–Crippen LogP) is 1.75. The zero-order valence-electron chi connectivity index (χ0n) is 17.5. The molecule has 0 unspecified atom stereocenters. The molecule has 0 radical (unpaired) electrons. The third kappa shape index (κ3) is 5.96. The van der Waals surface area contributed by atoms with Crippen molar-refractivity contribution in [1.29, 1.82) is 0 Å². The van der Waals surface area contributed by atoms with Crippen LogP contribution in [0.4, 0.5) is 5.69 Å². The van der Waals surface area contributed by atoms with Crippen LogP contribution in [-0.2, 0) is 9.59 Å². The summed E-state index contributed by atoms with van der Waals surface area (Å²) in [6.45, 7) is 10.6. The highest BCUT2D eigenvalue weighted by Gasteiger charge is 2.24. The maximum atomic E-state index is 12.7. The van der Waals surface area contributed by atoms with Gasteiger partial charge in [-0.05, 0) is 58.1 Å². The largest absolute Gasteiger partial charge is 0.368 e. The summed E-state index contributed by atoms with van der Waals surface area (Å²) in [4.78, 5) is 32.6. The van der Waals surface area contributed by atoms with Crippen LogP contribution in [0.3, 0.4) is 0 Å². The van der Waals surface area contributed by atoms with Crippen LogP contribution in [0.25, 0.3) is 0 Å². The molecule has 1 aromatic carbocycles. The molecule has 0 atom stereocenters. The Hall–Kier alpha value is -2.08. The van der Waals surface area contributed by atoms with E-state index in [1.165, 1.54) is 16.8 Å². The molecule has 2 rings (SSSR count). The average molecular weight is 375 g/mol. The van der Waals surface area contributed by atoms with Gasteiger partial charge in [0.2, 0.25) is 11.8 Å². The number of amides is 2. The average Bonchev–Trinajstić information content (AvgIpc) is 2.63. The topological polar surface area (TPSA) is 47.1 Å². The Balaban J connectivity index is 1.87. The van der Waals surface area contributed by atoms with Gasteiger partial charge in [-0.2, -0.15) is 0 Å². The molecule has 0 saturated carbocycles. The first kappa shape index (κ1) is 21.2. The van der Waals surface area contributed by atoms with Gasteiger partial charge in [-0.3, -0.25) is 9.59 Å². The lowest BCUT2D eigenvalue weighted by Crippen LogP contribution is -2.52. The Morgan fingerprint density at radius 2 is 1.70 bits per heavy atom. The summed E-state index contributed by atoms with van der Waals surface area (Å²) in [5.74, 6) is 0.0202. The number of carbonyl (C=O) groups is 2. The van der Waals surface area contributed by atoms with Gasteiger partial charge in [0.15, 0.2) is 0 Å². The van der Waals surface area contributed by atoms with E-state index in [2.05, 4.69) is 41.8 Å². The number of carbonyl (C=O) groups excluding carboxylic acids is 2. The van der Waals surface area contributed by atoms with Crippen molar-refractivity contribution in [3.8, 4) is 0 Å². The van der Waals surface area contributed by atoms with Gasteiger partial charge >= 0.3 is 0 Å². The van der Waals surface area contributed by atoms with E-state index < -0.39 is 0 Å². The van der Waals surface area contributed by atoms with Gasteiger partial charge in [0.1, 0.15) is 0 Å². The summed E-state index contributed by atoms with van der Waals surface area (Å²) in [6, 6.07) is 6.38. The summed E-state index contributed by atoms with van der Waals surface area (Å²) in [5.41, 5.74) is 3.86. The highest BCUT2D eigenvalue weighted by Crippen LogP contribution is 2.23. The molecule has 1 aliphatic rings. The van der Waals surface area contributed by atoms with Crippen molar-refractivity contribution in [2.24, 2.45) is 0 Å². The fourth-order valence-electron chi connectivity index (χ4n) is 3.46. The van der Waals surface area contributed by atoms with Crippen LogP contribution in [0.1, 0.15) is 24.5 Å². The van der Waals surface area contributed by atoms with E-state index >= 15 is 0 Å². The van der Waals surface area contributed by atoms with Crippen LogP contribution >= 0.6 is 0 Å². The molecule has 1 aromatic rings. The highest BCUT2D eigenvalue weighted by atomic mass is 16.2. The monoisotopic (exact) mass is 374 g/mol. The molecule has 150 valence electrons. The maximum absolute atomic E-state index is 12.7. The van der Waals surface area contributed by atoms with Crippen molar-refractivity contribution in [1.82, 2.24) is 14.7 Å². The second kappa shape index (κ2) is 9.74. The first-order valence-electron chi connectivity index (χ1n) is 9.78. The molecule has 0 spiro atoms. The van der Waals surface area contributed by atoms with E-state index in [0.717, 1.165) is 26.1 Å². The number of hydrogen-bond donors (Lipinski definition) is 0. The first-order chi connectivity index (χ1) is 12.8. The molecule has 0 aliphatic carbocycles.